The lowest BCUT2D eigenvalue weighted by Crippen LogP contribution is -2.05. The first-order valence-electron chi connectivity index (χ1n) is 6.09. The molecule has 0 aromatic heterocycles. The van der Waals surface area contributed by atoms with Gasteiger partial charge in [-0.1, -0.05) is 6.07 Å². The van der Waals surface area contributed by atoms with Crippen molar-refractivity contribution in [2.45, 2.75) is 30.6 Å². The predicted octanol–water partition coefficient (Wildman–Crippen LogP) is 2.86. The summed E-state index contributed by atoms with van der Waals surface area (Å²) in [5.74, 6) is -0.370. The van der Waals surface area contributed by atoms with Crippen molar-refractivity contribution in [1.29, 1.82) is 0 Å². The first-order valence-corrected chi connectivity index (χ1v) is 7.57. The van der Waals surface area contributed by atoms with Crippen molar-refractivity contribution < 1.29 is 18.6 Å². The second kappa shape index (κ2) is 4.83. The Labute approximate surface area is 118 Å². The van der Waals surface area contributed by atoms with Crippen LogP contribution in [0.25, 0.3) is 0 Å². The number of phenolic OH excluding ortho intramolecular Hbond substituents is 2. The van der Waals surface area contributed by atoms with Crippen LogP contribution in [0, 0.1) is 20.8 Å². The normalized spacial score (nSPS) is 11.6. The topological polar surface area (TPSA) is 74.6 Å². The van der Waals surface area contributed by atoms with Crippen LogP contribution in [0.1, 0.15) is 16.7 Å². The lowest BCUT2D eigenvalue weighted by Gasteiger charge is -2.12. The summed E-state index contributed by atoms with van der Waals surface area (Å²) in [6.45, 7) is 5.11. The highest BCUT2D eigenvalue weighted by Gasteiger charge is 2.25. The average Bonchev–Trinajstić information content (AvgIpc) is 2.36. The van der Waals surface area contributed by atoms with E-state index in [1.54, 1.807) is 13.8 Å². The molecule has 0 aliphatic rings. The zero-order valence-corrected chi connectivity index (χ0v) is 12.3. The molecule has 4 nitrogen and oxygen atoms in total. The lowest BCUT2D eigenvalue weighted by molar-refractivity contribution is 0.457. The van der Waals surface area contributed by atoms with Gasteiger partial charge in [0, 0.05) is 5.56 Å². The molecular formula is C15H16O4S. The summed E-state index contributed by atoms with van der Waals surface area (Å²) in [5, 5.41) is 19.6. The fourth-order valence-corrected chi connectivity index (χ4v) is 3.67. The quantitative estimate of drug-likeness (QED) is 0.892. The highest BCUT2D eigenvalue weighted by molar-refractivity contribution is 7.91. The highest BCUT2D eigenvalue weighted by atomic mass is 32.2. The molecule has 0 unspecified atom stereocenters. The van der Waals surface area contributed by atoms with E-state index in [1.807, 2.05) is 0 Å². The zero-order valence-electron chi connectivity index (χ0n) is 11.5. The van der Waals surface area contributed by atoms with E-state index in [9.17, 15) is 18.6 Å². The first kappa shape index (κ1) is 14.4. The largest absolute Gasteiger partial charge is 0.508 e. The van der Waals surface area contributed by atoms with E-state index in [-0.39, 0.29) is 26.9 Å². The van der Waals surface area contributed by atoms with E-state index < -0.39 is 9.84 Å². The van der Waals surface area contributed by atoms with E-state index in [4.69, 9.17) is 0 Å². The third kappa shape index (κ3) is 2.25. The Morgan fingerprint density at radius 1 is 0.850 bits per heavy atom. The molecule has 106 valence electrons. The second-order valence-electron chi connectivity index (χ2n) is 4.81. The van der Waals surface area contributed by atoms with Gasteiger partial charge in [0.25, 0.3) is 0 Å². The molecule has 2 N–H and O–H groups in total. The van der Waals surface area contributed by atoms with Crippen LogP contribution in [0.15, 0.2) is 40.1 Å². The van der Waals surface area contributed by atoms with Crippen LogP contribution in [-0.2, 0) is 9.84 Å². The molecule has 20 heavy (non-hydrogen) atoms. The van der Waals surface area contributed by atoms with Gasteiger partial charge in [0.15, 0.2) is 0 Å². The molecule has 5 heteroatoms. The Hall–Kier alpha value is -2.01. The lowest BCUT2D eigenvalue weighted by atomic mass is 10.1. The molecule has 0 saturated heterocycles. The van der Waals surface area contributed by atoms with Gasteiger partial charge >= 0.3 is 0 Å². The molecule has 2 aromatic carbocycles. The zero-order chi connectivity index (χ0) is 15.1. The van der Waals surface area contributed by atoms with Crippen LogP contribution in [0.3, 0.4) is 0 Å². The summed E-state index contributed by atoms with van der Waals surface area (Å²) in [5.41, 5.74) is 1.86. The van der Waals surface area contributed by atoms with Crippen molar-refractivity contribution in [3.05, 3.63) is 47.0 Å². The minimum absolute atomic E-state index is 0.00365. The molecular weight excluding hydrogens is 276 g/mol. The maximum Gasteiger partial charge on any atom is 0.210 e. The van der Waals surface area contributed by atoms with Gasteiger partial charge in [0.05, 0.1) is 4.90 Å². The molecule has 2 rings (SSSR count). The standard InChI is InChI=1S/C15H16O4S/c1-9-7-13(17)15(8-10(9)2)20(18,19)14-6-4-5-12(16)11(14)3/h4-8,16-17H,1-3H3. The summed E-state index contributed by atoms with van der Waals surface area (Å²) in [4.78, 5) is -0.148. The van der Waals surface area contributed by atoms with Crippen LogP contribution in [-0.4, -0.2) is 18.6 Å². The maximum atomic E-state index is 12.6. The van der Waals surface area contributed by atoms with Gasteiger partial charge < -0.3 is 10.2 Å². The van der Waals surface area contributed by atoms with Gasteiger partial charge in [0.2, 0.25) is 9.84 Å². The highest BCUT2D eigenvalue weighted by Crippen LogP contribution is 2.34. The monoisotopic (exact) mass is 292 g/mol. The first-order chi connectivity index (χ1) is 9.25. The third-order valence-corrected chi connectivity index (χ3v) is 5.34. The molecule has 0 atom stereocenters. The van der Waals surface area contributed by atoms with Gasteiger partial charge in [-0.3, -0.25) is 0 Å². The Bertz CT molecular complexity index is 777. The summed E-state index contributed by atoms with van der Waals surface area (Å²) >= 11 is 0. The Morgan fingerprint density at radius 3 is 2.10 bits per heavy atom. The molecule has 0 radical (unpaired) electrons. The molecule has 0 heterocycles. The van der Waals surface area contributed by atoms with E-state index in [2.05, 4.69) is 0 Å². The summed E-state index contributed by atoms with van der Waals surface area (Å²) in [7, 11) is -3.87. The Morgan fingerprint density at radius 2 is 1.45 bits per heavy atom. The van der Waals surface area contributed by atoms with Gasteiger partial charge in [-0.25, -0.2) is 8.42 Å². The molecule has 0 amide bonds. The Balaban J connectivity index is 2.74. The van der Waals surface area contributed by atoms with Crippen molar-refractivity contribution in [1.82, 2.24) is 0 Å². The van der Waals surface area contributed by atoms with Crippen molar-refractivity contribution in [2.24, 2.45) is 0 Å². The average molecular weight is 292 g/mol. The molecule has 0 bridgehead atoms. The second-order valence-corrected chi connectivity index (χ2v) is 6.69. The fourth-order valence-electron chi connectivity index (χ4n) is 2.00. The number of aromatic hydroxyl groups is 2. The van der Waals surface area contributed by atoms with Gasteiger partial charge in [0.1, 0.15) is 16.4 Å². The van der Waals surface area contributed by atoms with E-state index in [1.165, 1.54) is 37.3 Å². The van der Waals surface area contributed by atoms with Crippen molar-refractivity contribution in [3.8, 4) is 11.5 Å². The van der Waals surface area contributed by atoms with Crippen molar-refractivity contribution >= 4 is 9.84 Å². The van der Waals surface area contributed by atoms with Crippen molar-refractivity contribution in [3.63, 3.8) is 0 Å². The number of benzene rings is 2. The van der Waals surface area contributed by atoms with E-state index in [0.29, 0.717) is 0 Å². The molecule has 0 aliphatic heterocycles. The van der Waals surface area contributed by atoms with Crippen LogP contribution >= 0.6 is 0 Å². The van der Waals surface area contributed by atoms with Gasteiger partial charge in [-0.05, 0) is 56.2 Å². The minimum Gasteiger partial charge on any atom is -0.508 e. The number of sulfone groups is 1. The Kier molecular flexibility index (Phi) is 3.48. The fraction of sp³-hybridized carbons (Fsp3) is 0.200. The number of hydrogen-bond donors (Lipinski definition) is 2. The van der Waals surface area contributed by atoms with Crippen molar-refractivity contribution in [2.75, 3.05) is 0 Å². The van der Waals surface area contributed by atoms with Crippen LogP contribution in [0.2, 0.25) is 0 Å². The van der Waals surface area contributed by atoms with Crippen LogP contribution < -0.4 is 0 Å². The number of hydrogen-bond acceptors (Lipinski definition) is 4. The number of phenols is 2. The van der Waals surface area contributed by atoms with Gasteiger partial charge in [-0.15, -0.1) is 0 Å². The summed E-state index contributed by atoms with van der Waals surface area (Å²) in [6, 6.07) is 7.19. The van der Waals surface area contributed by atoms with E-state index >= 15 is 0 Å². The molecule has 0 aliphatic carbocycles. The summed E-state index contributed by atoms with van der Waals surface area (Å²) < 4.78 is 25.2. The number of aryl methyl sites for hydroxylation is 2. The third-order valence-electron chi connectivity index (χ3n) is 3.41. The molecule has 0 spiro atoms. The van der Waals surface area contributed by atoms with Crippen LogP contribution in [0.5, 0.6) is 11.5 Å². The van der Waals surface area contributed by atoms with Gasteiger partial charge in [-0.2, -0.15) is 0 Å². The SMILES string of the molecule is Cc1cc(O)c(S(=O)(=O)c2cccc(O)c2C)cc1C. The smallest absolute Gasteiger partial charge is 0.210 e. The maximum absolute atomic E-state index is 12.6. The molecule has 0 saturated carbocycles. The summed E-state index contributed by atoms with van der Waals surface area (Å²) in [6.07, 6.45) is 0. The molecule has 0 fully saturated rings. The number of rotatable bonds is 2. The van der Waals surface area contributed by atoms with E-state index in [0.717, 1.165) is 11.1 Å². The molecule has 2 aromatic rings. The predicted molar refractivity (Wildman–Crippen MR) is 75.9 cm³/mol. The minimum atomic E-state index is -3.87. The van der Waals surface area contributed by atoms with Crippen LogP contribution in [0.4, 0.5) is 0 Å².